The molecular formula is C15H20N2O. The van der Waals surface area contributed by atoms with E-state index in [1.165, 1.54) is 11.1 Å². The van der Waals surface area contributed by atoms with E-state index in [9.17, 15) is 4.79 Å². The Kier molecular flexibility index (Phi) is 5.31. The molecule has 0 spiro atoms. The minimum Gasteiger partial charge on any atom is -0.355 e. The van der Waals surface area contributed by atoms with Crippen LogP contribution in [0.1, 0.15) is 18.1 Å². The molecule has 1 aromatic carbocycles. The van der Waals surface area contributed by atoms with Gasteiger partial charge in [0.05, 0.1) is 0 Å². The predicted molar refractivity (Wildman–Crippen MR) is 76.1 cm³/mol. The number of hydrogen-bond acceptors (Lipinski definition) is 2. The van der Waals surface area contributed by atoms with E-state index in [0.717, 1.165) is 12.1 Å². The first-order chi connectivity index (χ1) is 8.56. The molecule has 1 amide bonds. The molecule has 0 saturated heterocycles. The van der Waals surface area contributed by atoms with E-state index in [2.05, 4.69) is 41.5 Å². The molecule has 1 rings (SSSR count). The standard InChI is InChI=1S/C15H20N2O/c1-11-5-7-13(8-6-11)10-14(16-3)9-12(2)15(18)17-4/h5-9H,10H2,1-4H3,(H,17,18)/b12-9+,16-14+. The van der Waals surface area contributed by atoms with E-state index in [-0.39, 0.29) is 5.91 Å². The molecule has 0 atom stereocenters. The summed E-state index contributed by atoms with van der Waals surface area (Å²) >= 11 is 0. The second-order valence-corrected chi connectivity index (χ2v) is 4.28. The van der Waals surface area contributed by atoms with E-state index in [0.29, 0.717) is 5.57 Å². The molecule has 0 radical (unpaired) electrons. The van der Waals surface area contributed by atoms with Gasteiger partial charge in [0.15, 0.2) is 0 Å². The van der Waals surface area contributed by atoms with E-state index >= 15 is 0 Å². The van der Waals surface area contributed by atoms with Crippen LogP contribution < -0.4 is 5.32 Å². The fourth-order valence-corrected chi connectivity index (χ4v) is 1.62. The summed E-state index contributed by atoms with van der Waals surface area (Å²) in [6.07, 6.45) is 2.57. The summed E-state index contributed by atoms with van der Waals surface area (Å²) in [5.41, 5.74) is 4.01. The number of aryl methyl sites for hydroxylation is 1. The molecule has 0 saturated carbocycles. The van der Waals surface area contributed by atoms with E-state index < -0.39 is 0 Å². The van der Waals surface area contributed by atoms with Crippen LogP contribution in [0.3, 0.4) is 0 Å². The van der Waals surface area contributed by atoms with Gasteiger partial charge >= 0.3 is 0 Å². The van der Waals surface area contributed by atoms with Crippen molar-refractivity contribution in [2.24, 2.45) is 4.99 Å². The highest BCUT2D eigenvalue weighted by atomic mass is 16.1. The van der Waals surface area contributed by atoms with Crippen LogP contribution in [0.4, 0.5) is 0 Å². The molecule has 18 heavy (non-hydrogen) atoms. The van der Waals surface area contributed by atoms with Crippen LogP contribution >= 0.6 is 0 Å². The number of carbonyl (C=O) groups excluding carboxylic acids is 1. The fourth-order valence-electron chi connectivity index (χ4n) is 1.62. The molecule has 0 heterocycles. The number of nitrogens with zero attached hydrogens (tertiary/aromatic N) is 1. The Morgan fingerprint density at radius 1 is 1.33 bits per heavy atom. The highest BCUT2D eigenvalue weighted by Gasteiger charge is 2.04. The second-order valence-electron chi connectivity index (χ2n) is 4.28. The third kappa shape index (κ3) is 4.17. The average Bonchev–Trinajstić information content (AvgIpc) is 2.39. The number of likely N-dealkylation sites (N-methyl/N-ethyl adjacent to an activating group) is 1. The molecule has 96 valence electrons. The monoisotopic (exact) mass is 244 g/mol. The van der Waals surface area contributed by atoms with E-state index in [4.69, 9.17) is 0 Å². The predicted octanol–water partition coefficient (Wildman–Crippen LogP) is 2.30. The van der Waals surface area contributed by atoms with Crippen LogP contribution in [0, 0.1) is 6.92 Å². The number of aliphatic imine (C=N–C) groups is 1. The number of benzene rings is 1. The lowest BCUT2D eigenvalue weighted by molar-refractivity contribution is -0.116. The third-order valence-electron chi connectivity index (χ3n) is 2.76. The number of carbonyl (C=O) groups is 1. The lowest BCUT2D eigenvalue weighted by Crippen LogP contribution is -2.19. The fraction of sp³-hybridized carbons (Fsp3) is 0.333. The zero-order valence-electron chi connectivity index (χ0n) is 11.4. The van der Waals surface area contributed by atoms with Crippen LogP contribution in [0.25, 0.3) is 0 Å². The molecule has 0 aromatic heterocycles. The molecule has 1 aromatic rings. The summed E-state index contributed by atoms with van der Waals surface area (Å²) in [4.78, 5) is 15.6. The van der Waals surface area contributed by atoms with Gasteiger partial charge in [-0.15, -0.1) is 0 Å². The maximum Gasteiger partial charge on any atom is 0.246 e. The first kappa shape index (κ1) is 14.2. The van der Waals surface area contributed by atoms with E-state index in [1.54, 1.807) is 21.0 Å². The maximum atomic E-state index is 11.4. The van der Waals surface area contributed by atoms with Crippen molar-refractivity contribution in [3.63, 3.8) is 0 Å². The Morgan fingerprint density at radius 2 is 1.94 bits per heavy atom. The van der Waals surface area contributed by atoms with Gasteiger partial charge in [0.2, 0.25) is 5.91 Å². The number of allylic oxidation sites excluding steroid dienone is 1. The van der Waals surface area contributed by atoms with E-state index in [1.807, 2.05) is 6.08 Å². The van der Waals surface area contributed by atoms with Crippen molar-refractivity contribution in [3.05, 3.63) is 47.0 Å². The number of amides is 1. The summed E-state index contributed by atoms with van der Waals surface area (Å²) in [7, 11) is 3.37. The highest BCUT2D eigenvalue weighted by molar-refractivity contribution is 6.04. The normalized spacial score (nSPS) is 12.4. The topological polar surface area (TPSA) is 41.5 Å². The van der Waals surface area contributed by atoms with Crippen LogP contribution in [0.5, 0.6) is 0 Å². The van der Waals surface area contributed by atoms with Gasteiger partial charge in [-0.2, -0.15) is 0 Å². The highest BCUT2D eigenvalue weighted by Crippen LogP contribution is 2.06. The molecule has 0 aliphatic carbocycles. The summed E-state index contributed by atoms with van der Waals surface area (Å²) < 4.78 is 0. The number of rotatable bonds is 4. The minimum atomic E-state index is -0.0694. The Balaban J connectivity index is 2.81. The van der Waals surface area contributed by atoms with Crippen LogP contribution in [0.15, 0.2) is 40.9 Å². The molecule has 1 N–H and O–H groups in total. The Bertz CT molecular complexity index is 470. The van der Waals surface area contributed by atoms with Crippen LogP contribution in [-0.4, -0.2) is 25.7 Å². The van der Waals surface area contributed by atoms with Crippen molar-refractivity contribution in [2.75, 3.05) is 14.1 Å². The average molecular weight is 244 g/mol. The van der Waals surface area contributed by atoms with Crippen molar-refractivity contribution in [3.8, 4) is 0 Å². The first-order valence-electron chi connectivity index (χ1n) is 5.98. The molecule has 3 nitrogen and oxygen atoms in total. The first-order valence-corrected chi connectivity index (χ1v) is 5.98. The zero-order valence-corrected chi connectivity index (χ0v) is 11.4. The summed E-state index contributed by atoms with van der Waals surface area (Å²) in [5, 5.41) is 2.60. The lowest BCUT2D eigenvalue weighted by atomic mass is 10.0. The third-order valence-corrected chi connectivity index (χ3v) is 2.76. The van der Waals surface area contributed by atoms with Gasteiger partial charge in [-0.3, -0.25) is 9.79 Å². The van der Waals surface area contributed by atoms with Gasteiger partial charge in [-0.1, -0.05) is 29.8 Å². The van der Waals surface area contributed by atoms with Gasteiger partial charge in [0.1, 0.15) is 0 Å². The molecular weight excluding hydrogens is 224 g/mol. The molecule has 0 aliphatic rings. The van der Waals surface area contributed by atoms with Gasteiger partial charge in [0, 0.05) is 31.8 Å². The molecule has 0 fully saturated rings. The Morgan fingerprint density at radius 3 is 2.44 bits per heavy atom. The van der Waals surface area contributed by atoms with Gasteiger partial charge in [-0.05, 0) is 25.5 Å². The van der Waals surface area contributed by atoms with Crippen molar-refractivity contribution < 1.29 is 4.79 Å². The van der Waals surface area contributed by atoms with Crippen molar-refractivity contribution >= 4 is 11.6 Å². The number of hydrogen-bond donors (Lipinski definition) is 1. The lowest BCUT2D eigenvalue weighted by Gasteiger charge is -2.04. The van der Waals surface area contributed by atoms with Crippen LogP contribution in [-0.2, 0) is 11.2 Å². The molecule has 0 bridgehead atoms. The smallest absolute Gasteiger partial charge is 0.246 e. The SMILES string of the molecule is C/N=C(\C=C(/C)C(=O)NC)Cc1ccc(C)cc1. The largest absolute Gasteiger partial charge is 0.355 e. The summed E-state index contributed by atoms with van der Waals surface area (Å²) in [6.45, 7) is 3.85. The van der Waals surface area contributed by atoms with Gasteiger partial charge < -0.3 is 5.32 Å². The van der Waals surface area contributed by atoms with Crippen molar-refractivity contribution in [2.45, 2.75) is 20.3 Å². The maximum absolute atomic E-state index is 11.4. The van der Waals surface area contributed by atoms with Crippen molar-refractivity contribution in [1.29, 1.82) is 0 Å². The Hall–Kier alpha value is -1.90. The molecule has 0 aliphatic heterocycles. The molecule has 0 unspecified atom stereocenters. The zero-order chi connectivity index (χ0) is 13.5. The van der Waals surface area contributed by atoms with Gasteiger partial charge in [0.25, 0.3) is 0 Å². The van der Waals surface area contributed by atoms with Crippen molar-refractivity contribution in [1.82, 2.24) is 5.32 Å². The quantitative estimate of drug-likeness (QED) is 0.641. The molecule has 3 heteroatoms. The summed E-state index contributed by atoms with van der Waals surface area (Å²) in [5.74, 6) is -0.0694. The number of nitrogens with one attached hydrogen (secondary N) is 1. The Labute approximate surface area is 109 Å². The minimum absolute atomic E-state index is 0.0694. The second kappa shape index (κ2) is 6.74. The summed E-state index contributed by atoms with van der Waals surface area (Å²) in [6, 6.07) is 8.34. The van der Waals surface area contributed by atoms with Crippen LogP contribution in [0.2, 0.25) is 0 Å². The van der Waals surface area contributed by atoms with Gasteiger partial charge in [-0.25, -0.2) is 0 Å².